The molecule has 3 nitrogen and oxygen atoms in total. The number of benzene rings is 1. The zero-order valence-electron chi connectivity index (χ0n) is 10.5. The van der Waals surface area contributed by atoms with Gasteiger partial charge in [-0.3, -0.25) is 0 Å². The Morgan fingerprint density at radius 3 is 2.72 bits per heavy atom. The number of hydrogen-bond donors (Lipinski definition) is 1. The van der Waals surface area contributed by atoms with Gasteiger partial charge < -0.3 is 10.1 Å². The molecular formula is C13H15FN2OS. The largest absolute Gasteiger partial charge is 0.494 e. The summed E-state index contributed by atoms with van der Waals surface area (Å²) in [5, 5.41) is 6.07. The molecular weight excluding hydrogens is 251 g/mol. The van der Waals surface area contributed by atoms with Crippen molar-refractivity contribution < 1.29 is 9.13 Å². The van der Waals surface area contributed by atoms with E-state index in [0.29, 0.717) is 0 Å². The van der Waals surface area contributed by atoms with E-state index in [0.717, 1.165) is 16.3 Å². The van der Waals surface area contributed by atoms with Gasteiger partial charge in [-0.2, -0.15) is 0 Å². The van der Waals surface area contributed by atoms with Gasteiger partial charge in [0, 0.05) is 11.1 Å². The standard InChI is InChI=1S/C13H15FN2OS/c1-8-7-18-13(16-8)12(15-2)9-4-5-11(17-3)10(14)6-9/h4-7,12,15H,1-3H3. The predicted molar refractivity (Wildman–Crippen MR) is 70.7 cm³/mol. The molecule has 0 bridgehead atoms. The molecule has 0 radical (unpaired) electrons. The van der Waals surface area contributed by atoms with Gasteiger partial charge in [-0.05, 0) is 31.7 Å². The maximum absolute atomic E-state index is 13.7. The van der Waals surface area contributed by atoms with Crippen LogP contribution in [0.5, 0.6) is 5.75 Å². The van der Waals surface area contributed by atoms with E-state index < -0.39 is 0 Å². The molecule has 0 aliphatic carbocycles. The first-order valence-corrected chi connectivity index (χ1v) is 6.46. The molecule has 1 aromatic heterocycles. The van der Waals surface area contributed by atoms with Crippen LogP contribution in [0.15, 0.2) is 23.6 Å². The Kier molecular flexibility index (Phi) is 3.93. The molecule has 0 saturated heterocycles. The highest BCUT2D eigenvalue weighted by Crippen LogP contribution is 2.27. The van der Waals surface area contributed by atoms with Crippen LogP contribution >= 0.6 is 11.3 Å². The summed E-state index contributed by atoms with van der Waals surface area (Å²) in [4.78, 5) is 4.43. The van der Waals surface area contributed by atoms with E-state index in [4.69, 9.17) is 4.74 Å². The lowest BCUT2D eigenvalue weighted by Crippen LogP contribution is -2.17. The minimum atomic E-state index is -0.358. The van der Waals surface area contributed by atoms with Crippen molar-refractivity contribution in [2.45, 2.75) is 13.0 Å². The van der Waals surface area contributed by atoms with Crippen molar-refractivity contribution >= 4 is 11.3 Å². The summed E-state index contributed by atoms with van der Waals surface area (Å²) in [6, 6.07) is 4.87. The average Bonchev–Trinajstić information content (AvgIpc) is 2.77. The fraction of sp³-hybridized carbons (Fsp3) is 0.308. The predicted octanol–water partition coefficient (Wildman–Crippen LogP) is 2.91. The van der Waals surface area contributed by atoms with Gasteiger partial charge >= 0.3 is 0 Å². The Bertz CT molecular complexity index is 542. The van der Waals surface area contributed by atoms with Gasteiger partial charge in [0.2, 0.25) is 0 Å². The van der Waals surface area contributed by atoms with Gasteiger partial charge in [0.05, 0.1) is 13.2 Å². The fourth-order valence-electron chi connectivity index (χ4n) is 1.80. The molecule has 0 fully saturated rings. The van der Waals surface area contributed by atoms with Crippen LogP contribution in [0, 0.1) is 12.7 Å². The van der Waals surface area contributed by atoms with Crippen LogP contribution in [0.1, 0.15) is 22.3 Å². The number of aromatic nitrogens is 1. The van der Waals surface area contributed by atoms with Crippen molar-refractivity contribution in [2.75, 3.05) is 14.2 Å². The van der Waals surface area contributed by atoms with E-state index in [9.17, 15) is 4.39 Å². The van der Waals surface area contributed by atoms with Crippen LogP contribution in [0.4, 0.5) is 4.39 Å². The minimum Gasteiger partial charge on any atom is -0.494 e. The molecule has 1 atom stereocenters. The first-order valence-electron chi connectivity index (χ1n) is 5.58. The Labute approximate surface area is 110 Å². The Morgan fingerprint density at radius 2 is 2.22 bits per heavy atom. The number of nitrogens with one attached hydrogen (secondary N) is 1. The molecule has 96 valence electrons. The third-order valence-corrected chi connectivity index (χ3v) is 3.71. The SMILES string of the molecule is CNC(c1ccc(OC)c(F)c1)c1nc(C)cs1. The molecule has 0 spiro atoms. The van der Waals surface area contributed by atoms with E-state index in [1.165, 1.54) is 13.2 Å². The lowest BCUT2D eigenvalue weighted by molar-refractivity contribution is 0.386. The molecule has 0 amide bonds. The van der Waals surface area contributed by atoms with Gasteiger partial charge in [0.1, 0.15) is 5.01 Å². The Hall–Kier alpha value is -1.46. The van der Waals surface area contributed by atoms with E-state index in [1.54, 1.807) is 17.4 Å². The quantitative estimate of drug-likeness (QED) is 0.924. The van der Waals surface area contributed by atoms with Crippen LogP contribution in [-0.2, 0) is 0 Å². The number of aryl methyl sites for hydroxylation is 1. The molecule has 1 heterocycles. The molecule has 0 saturated carbocycles. The second-order valence-electron chi connectivity index (χ2n) is 3.94. The van der Waals surface area contributed by atoms with E-state index in [-0.39, 0.29) is 17.6 Å². The highest BCUT2D eigenvalue weighted by Gasteiger charge is 2.17. The van der Waals surface area contributed by atoms with Gasteiger partial charge in [-0.25, -0.2) is 9.37 Å². The minimum absolute atomic E-state index is 0.0934. The van der Waals surface area contributed by atoms with Crippen molar-refractivity contribution in [1.82, 2.24) is 10.3 Å². The molecule has 2 aromatic rings. The number of nitrogens with zero attached hydrogens (tertiary/aromatic N) is 1. The highest BCUT2D eigenvalue weighted by molar-refractivity contribution is 7.09. The summed E-state index contributed by atoms with van der Waals surface area (Å²) in [6.07, 6.45) is 0. The maximum atomic E-state index is 13.7. The van der Waals surface area contributed by atoms with E-state index in [2.05, 4.69) is 10.3 Å². The van der Waals surface area contributed by atoms with E-state index >= 15 is 0 Å². The third-order valence-electron chi connectivity index (χ3n) is 2.68. The summed E-state index contributed by atoms with van der Waals surface area (Å²) in [5.74, 6) is -0.104. The summed E-state index contributed by atoms with van der Waals surface area (Å²) in [6.45, 7) is 1.95. The van der Waals surface area contributed by atoms with E-state index in [1.807, 2.05) is 25.4 Å². The Balaban J connectivity index is 2.36. The van der Waals surface area contributed by atoms with Crippen LogP contribution in [-0.4, -0.2) is 19.1 Å². The summed E-state index contributed by atoms with van der Waals surface area (Å²) in [5.41, 5.74) is 1.81. The molecule has 18 heavy (non-hydrogen) atoms. The van der Waals surface area contributed by atoms with Crippen LogP contribution in [0.3, 0.4) is 0 Å². The number of thiazole rings is 1. The first kappa shape index (κ1) is 13.0. The summed E-state index contributed by atoms with van der Waals surface area (Å²) < 4.78 is 18.6. The molecule has 0 aliphatic rings. The van der Waals surface area contributed by atoms with Crippen molar-refractivity contribution in [3.05, 3.63) is 45.7 Å². The van der Waals surface area contributed by atoms with Gasteiger partial charge in [0.15, 0.2) is 11.6 Å². The monoisotopic (exact) mass is 266 g/mol. The fourth-order valence-corrected chi connectivity index (χ4v) is 2.73. The average molecular weight is 266 g/mol. The van der Waals surface area contributed by atoms with Crippen molar-refractivity contribution in [3.8, 4) is 5.75 Å². The zero-order chi connectivity index (χ0) is 13.1. The smallest absolute Gasteiger partial charge is 0.165 e. The topological polar surface area (TPSA) is 34.1 Å². The molecule has 0 aliphatic heterocycles. The second kappa shape index (κ2) is 5.46. The van der Waals surface area contributed by atoms with Crippen molar-refractivity contribution in [1.29, 1.82) is 0 Å². The number of hydrogen-bond acceptors (Lipinski definition) is 4. The molecule has 1 aromatic carbocycles. The molecule has 2 rings (SSSR count). The number of rotatable bonds is 4. The summed E-state index contributed by atoms with van der Waals surface area (Å²) in [7, 11) is 3.29. The maximum Gasteiger partial charge on any atom is 0.165 e. The van der Waals surface area contributed by atoms with Crippen molar-refractivity contribution in [2.24, 2.45) is 0 Å². The lowest BCUT2D eigenvalue weighted by Gasteiger charge is -2.14. The van der Waals surface area contributed by atoms with Crippen LogP contribution in [0.2, 0.25) is 0 Å². The Morgan fingerprint density at radius 1 is 1.44 bits per heavy atom. The summed E-state index contributed by atoms with van der Waals surface area (Å²) >= 11 is 1.57. The van der Waals surface area contributed by atoms with Crippen LogP contribution < -0.4 is 10.1 Å². The van der Waals surface area contributed by atoms with Crippen molar-refractivity contribution in [3.63, 3.8) is 0 Å². The first-order chi connectivity index (χ1) is 8.65. The van der Waals surface area contributed by atoms with Gasteiger partial charge in [-0.15, -0.1) is 11.3 Å². The number of ether oxygens (including phenoxy) is 1. The zero-order valence-corrected chi connectivity index (χ0v) is 11.3. The number of halogens is 1. The third kappa shape index (κ3) is 2.52. The molecule has 1 N–H and O–H groups in total. The second-order valence-corrected chi connectivity index (χ2v) is 4.83. The molecule has 1 unspecified atom stereocenters. The molecule has 5 heteroatoms. The van der Waals surface area contributed by atoms with Gasteiger partial charge in [0.25, 0.3) is 0 Å². The lowest BCUT2D eigenvalue weighted by atomic mass is 10.1. The highest BCUT2D eigenvalue weighted by atomic mass is 32.1. The van der Waals surface area contributed by atoms with Gasteiger partial charge in [-0.1, -0.05) is 6.07 Å². The number of methoxy groups -OCH3 is 1. The van der Waals surface area contributed by atoms with Crippen LogP contribution in [0.25, 0.3) is 0 Å². The normalized spacial score (nSPS) is 12.4.